The van der Waals surface area contributed by atoms with Gasteiger partial charge in [-0.2, -0.15) is 0 Å². The lowest BCUT2D eigenvalue weighted by Crippen LogP contribution is -2.45. The van der Waals surface area contributed by atoms with E-state index in [1.807, 2.05) is 0 Å². The fourth-order valence-corrected chi connectivity index (χ4v) is 2.06. The van der Waals surface area contributed by atoms with Crippen molar-refractivity contribution >= 4 is 0 Å². The van der Waals surface area contributed by atoms with Crippen LogP contribution in [-0.4, -0.2) is 36.6 Å². The fraction of sp³-hybridized carbons (Fsp3) is 1.00. The van der Waals surface area contributed by atoms with Crippen LogP contribution in [-0.2, 0) is 0 Å². The first-order valence-corrected chi connectivity index (χ1v) is 7.13. The van der Waals surface area contributed by atoms with Crippen molar-refractivity contribution < 1.29 is 0 Å². The van der Waals surface area contributed by atoms with E-state index in [1.54, 1.807) is 0 Å². The smallest absolute Gasteiger partial charge is 0.0195 e. The third kappa shape index (κ3) is 6.49. The first-order chi connectivity index (χ1) is 7.67. The van der Waals surface area contributed by atoms with Gasteiger partial charge in [-0.15, -0.1) is 0 Å². The molecule has 2 unspecified atom stereocenters. The molecule has 0 amide bonds. The average molecular weight is 228 g/mol. The maximum absolute atomic E-state index is 3.53. The number of hydrogen-bond donors (Lipinski definition) is 1. The van der Waals surface area contributed by atoms with Crippen LogP contribution >= 0.6 is 0 Å². The van der Waals surface area contributed by atoms with E-state index in [2.05, 4.69) is 44.8 Å². The van der Waals surface area contributed by atoms with Crippen LogP contribution in [0.3, 0.4) is 0 Å². The summed E-state index contributed by atoms with van der Waals surface area (Å²) in [4.78, 5) is 2.66. The van der Waals surface area contributed by atoms with Crippen molar-refractivity contribution in [3.63, 3.8) is 0 Å². The van der Waals surface area contributed by atoms with E-state index in [0.29, 0.717) is 12.1 Å². The van der Waals surface area contributed by atoms with Gasteiger partial charge in [-0.3, -0.25) is 4.90 Å². The van der Waals surface area contributed by atoms with E-state index in [1.165, 1.54) is 32.2 Å². The monoisotopic (exact) mass is 228 g/mol. The molecule has 0 saturated carbocycles. The predicted octanol–water partition coefficient (Wildman–Crippen LogP) is 3.28. The van der Waals surface area contributed by atoms with Gasteiger partial charge in [-0.25, -0.2) is 0 Å². The molecule has 0 aromatic carbocycles. The highest BCUT2D eigenvalue weighted by Gasteiger charge is 2.17. The standard InChI is InChI=1S/C14H32N2/c1-6-9-11-16(13(4)8-3)14(5)12-15-10-7-2/h13-15H,6-12H2,1-5H3. The van der Waals surface area contributed by atoms with E-state index in [4.69, 9.17) is 0 Å². The van der Waals surface area contributed by atoms with E-state index >= 15 is 0 Å². The number of nitrogens with zero attached hydrogens (tertiary/aromatic N) is 1. The second-order valence-electron chi connectivity index (χ2n) is 4.90. The molecule has 0 spiro atoms. The molecule has 2 nitrogen and oxygen atoms in total. The lowest BCUT2D eigenvalue weighted by atomic mass is 10.1. The first-order valence-electron chi connectivity index (χ1n) is 7.13. The van der Waals surface area contributed by atoms with E-state index < -0.39 is 0 Å². The summed E-state index contributed by atoms with van der Waals surface area (Å²) >= 11 is 0. The van der Waals surface area contributed by atoms with E-state index in [-0.39, 0.29) is 0 Å². The van der Waals surface area contributed by atoms with Crippen LogP contribution in [0, 0.1) is 0 Å². The van der Waals surface area contributed by atoms with Gasteiger partial charge in [0.1, 0.15) is 0 Å². The van der Waals surface area contributed by atoms with Crippen molar-refractivity contribution in [3.8, 4) is 0 Å². The molecule has 0 heterocycles. The van der Waals surface area contributed by atoms with Gasteiger partial charge in [0.25, 0.3) is 0 Å². The van der Waals surface area contributed by atoms with E-state index in [0.717, 1.165) is 13.1 Å². The third-order valence-electron chi connectivity index (χ3n) is 3.36. The van der Waals surface area contributed by atoms with Gasteiger partial charge in [0.15, 0.2) is 0 Å². The van der Waals surface area contributed by atoms with Gasteiger partial charge in [0.2, 0.25) is 0 Å². The van der Waals surface area contributed by atoms with Crippen LogP contribution < -0.4 is 5.32 Å². The lowest BCUT2D eigenvalue weighted by Gasteiger charge is -2.34. The summed E-state index contributed by atoms with van der Waals surface area (Å²) in [5, 5.41) is 3.53. The molecule has 0 aromatic heterocycles. The number of unbranched alkanes of at least 4 members (excludes halogenated alkanes) is 1. The Morgan fingerprint density at radius 1 is 1.00 bits per heavy atom. The fourth-order valence-electron chi connectivity index (χ4n) is 2.06. The van der Waals surface area contributed by atoms with Gasteiger partial charge in [0.05, 0.1) is 0 Å². The summed E-state index contributed by atoms with van der Waals surface area (Å²) in [6, 6.07) is 1.37. The molecule has 0 aromatic rings. The van der Waals surface area contributed by atoms with Crippen molar-refractivity contribution in [2.24, 2.45) is 0 Å². The van der Waals surface area contributed by atoms with Gasteiger partial charge >= 0.3 is 0 Å². The number of nitrogens with one attached hydrogen (secondary N) is 1. The molecular weight excluding hydrogens is 196 g/mol. The Morgan fingerprint density at radius 3 is 2.19 bits per heavy atom. The van der Waals surface area contributed by atoms with Gasteiger partial charge in [-0.05, 0) is 46.2 Å². The van der Waals surface area contributed by atoms with Crippen LogP contribution in [0.2, 0.25) is 0 Å². The highest BCUT2D eigenvalue weighted by atomic mass is 15.2. The summed E-state index contributed by atoms with van der Waals surface area (Å²) in [7, 11) is 0. The molecule has 0 rings (SSSR count). The molecule has 0 aliphatic carbocycles. The van der Waals surface area contributed by atoms with E-state index in [9.17, 15) is 0 Å². The number of hydrogen-bond acceptors (Lipinski definition) is 2. The Bertz CT molecular complexity index is 148. The normalized spacial score (nSPS) is 15.4. The SMILES string of the molecule is CCCCN(C(C)CC)C(C)CNCCC. The largest absolute Gasteiger partial charge is 0.315 e. The predicted molar refractivity (Wildman–Crippen MR) is 74.0 cm³/mol. The zero-order valence-electron chi connectivity index (χ0n) is 12.1. The summed E-state index contributed by atoms with van der Waals surface area (Å²) in [5.41, 5.74) is 0. The molecule has 0 aliphatic rings. The van der Waals surface area contributed by atoms with Gasteiger partial charge in [-0.1, -0.05) is 27.2 Å². The molecule has 2 atom stereocenters. The minimum Gasteiger partial charge on any atom is -0.315 e. The Balaban J connectivity index is 4.03. The lowest BCUT2D eigenvalue weighted by molar-refractivity contribution is 0.145. The molecule has 0 saturated heterocycles. The second-order valence-corrected chi connectivity index (χ2v) is 4.90. The summed E-state index contributed by atoms with van der Waals surface area (Å²) < 4.78 is 0. The molecule has 2 heteroatoms. The third-order valence-corrected chi connectivity index (χ3v) is 3.36. The molecule has 0 fully saturated rings. The summed E-state index contributed by atoms with van der Waals surface area (Å²) in [5.74, 6) is 0. The molecular formula is C14H32N2. The molecule has 98 valence electrons. The van der Waals surface area contributed by atoms with Crippen molar-refractivity contribution in [2.45, 2.75) is 72.4 Å². The molecule has 0 bridgehead atoms. The van der Waals surface area contributed by atoms with Crippen LogP contribution in [0.25, 0.3) is 0 Å². The zero-order valence-corrected chi connectivity index (χ0v) is 12.1. The van der Waals surface area contributed by atoms with Crippen LogP contribution in [0.4, 0.5) is 0 Å². The zero-order chi connectivity index (χ0) is 12.4. The van der Waals surface area contributed by atoms with Crippen LogP contribution in [0.5, 0.6) is 0 Å². The van der Waals surface area contributed by atoms with Crippen molar-refractivity contribution in [2.75, 3.05) is 19.6 Å². The highest BCUT2D eigenvalue weighted by Crippen LogP contribution is 2.10. The maximum Gasteiger partial charge on any atom is 0.0195 e. The Hall–Kier alpha value is -0.0800. The second kappa shape index (κ2) is 10.1. The van der Waals surface area contributed by atoms with Crippen molar-refractivity contribution in [1.82, 2.24) is 10.2 Å². The highest BCUT2D eigenvalue weighted by molar-refractivity contribution is 4.74. The minimum atomic E-state index is 0.660. The first kappa shape index (κ1) is 15.9. The maximum atomic E-state index is 3.53. The molecule has 0 aliphatic heterocycles. The Labute approximate surface area is 103 Å². The molecule has 1 N–H and O–H groups in total. The van der Waals surface area contributed by atoms with Crippen molar-refractivity contribution in [3.05, 3.63) is 0 Å². The quantitative estimate of drug-likeness (QED) is 0.577. The summed E-state index contributed by atoms with van der Waals surface area (Å²) in [6.45, 7) is 15.0. The van der Waals surface area contributed by atoms with Crippen molar-refractivity contribution in [1.29, 1.82) is 0 Å². The minimum absolute atomic E-state index is 0.660. The summed E-state index contributed by atoms with van der Waals surface area (Å²) in [6.07, 6.45) is 5.09. The van der Waals surface area contributed by atoms with Gasteiger partial charge in [0, 0.05) is 18.6 Å². The molecule has 16 heavy (non-hydrogen) atoms. The average Bonchev–Trinajstić information content (AvgIpc) is 2.29. The molecule has 0 radical (unpaired) electrons. The van der Waals surface area contributed by atoms with Crippen LogP contribution in [0.15, 0.2) is 0 Å². The Kier molecular flexibility index (Phi) is 10.0. The van der Waals surface area contributed by atoms with Crippen LogP contribution in [0.1, 0.15) is 60.3 Å². The number of rotatable bonds is 10. The topological polar surface area (TPSA) is 15.3 Å². The Morgan fingerprint density at radius 2 is 1.69 bits per heavy atom. The van der Waals surface area contributed by atoms with Gasteiger partial charge < -0.3 is 5.32 Å².